The number of rotatable bonds is 3. The number of nitrogens with zero attached hydrogens (tertiary/aromatic N) is 4. The maximum Gasteiger partial charge on any atom is 0.322 e. The molecule has 0 saturated carbocycles. The van der Waals surface area contributed by atoms with Crippen LogP contribution < -0.4 is 0 Å². The van der Waals surface area contributed by atoms with Gasteiger partial charge in [0.2, 0.25) is 5.28 Å². The van der Waals surface area contributed by atoms with Crippen molar-refractivity contribution in [1.82, 2.24) is 15.0 Å². The number of aryl methyl sites for hydroxylation is 1. The molecule has 0 radical (unpaired) electrons. The molecule has 0 spiro atoms. The Hall–Kier alpha value is -1.25. The molecule has 17 heavy (non-hydrogen) atoms. The quantitative estimate of drug-likeness (QED) is 0.374. The molecule has 0 aromatic carbocycles. The fourth-order valence-corrected chi connectivity index (χ4v) is 3.08. The first kappa shape index (κ1) is 12.2. The van der Waals surface area contributed by atoms with E-state index in [0.29, 0.717) is 4.34 Å². The Morgan fingerprint density at radius 1 is 1.53 bits per heavy atom. The maximum atomic E-state index is 10.9. The molecule has 6 nitrogen and oxygen atoms in total. The number of halogens is 1. The second-order valence-electron chi connectivity index (χ2n) is 2.89. The summed E-state index contributed by atoms with van der Waals surface area (Å²) in [6.07, 6.45) is 1.62. The fraction of sp³-hybridized carbons (Fsp3) is 0.125. The van der Waals surface area contributed by atoms with Crippen molar-refractivity contribution in [1.29, 1.82) is 0 Å². The van der Waals surface area contributed by atoms with Crippen molar-refractivity contribution >= 4 is 40.4 Å². The topological polar surface area (TPSA) is 81.8 Å². The second-order valence-corrected chi connectivity index (χ2v) is 5.36. The van der Waals surface area contributed by atoms with Crippen LogP contribution in [0.5, 0.6) is 0 Å². The van der Waals surface area contributed by atoms with Gasteiger partial charge in [0.15, 0.2) is 9.37 Å². The van der Waals surface area contributed by atoms with Crippen LogP contribution >= 0.6 is 34.7 Å². The van der Waals surface area contributed by atoms with E-state index >= 15 is 0 Å². The molecule has 0 saturated heterocycles. The maximum absolute atomic E-state index is 10.9. The lowest BCUT2D eigenvalue weighted by Crippen LogP contribution is -2.00. The predicted octanol–water partition coefficient (Wildman–Crippen LogP) is 2.95. The average molecular weight is 289 g/mol. The third-order valence-corrected chi connectivity index (χ3v) is 3.81. The summed E-state index contributed by atoms with van der Waals surface area (Å²) < 4.78 is 0.669. The number of hydrogen-bond donors (Lipinski definition) is 0. The van der Waals surface area contributed by atoms with Gasteiger partial charge in [0.25, 0.3) is 0 Å². The summed E-state index contributed by atoms with van der Waals surface area (Å²) in [5.41, 5.74) is 0.114. The Bertz CT molecular complexity index is 561. The molecule has 9 heteroatoms. The minimum atomic E-state index is -0.512. The molecule has 2 heterocycles. The van der Waals surface area contributed by atoms with Crippen LogP contribution in [0.2, 0.25) is 5.28 Å². The summed E-state index contributed by atoms with van der Waals surface area (Å²) >= 11 is 8.18. The second kappa shape index (κ2) is 4.94. The fourth-order valence-electron chi connectivity index (χ4n) is 1.13. The zero-order valence-electron chi connectivity index (χ0n) is 8.45. The van der Waals surface area contributed by atoms with Crippen LogP contribution in [0.15, 0.2) is 20.9 Å². The molecule has 0 fully saturated rings. The van der Waals surface area contributed by atoms with Crippen LogP contribution in [0.25, 0.3) is 0 Å². The van der Waals surface area contributed by atoms with Crippen LogP contribution in [-0.2, 0) is 0 Å². The summed E-state index contributed by atoms with van der Waals surface area (Å²) in [7, 11) is 0. The first-order valence-corrected chi connectivity index (χ1v) is 6.41. The highest BCUT2D eigenvalue weighted by Gasteiger charge is 2.23. The van der Waals surface area contributed by atoms with Crippen molar-refractivity contribution in [2.75, 3.05) is 0 Å². The summed E-state index contributed by atoms with van der Waals surface area (Å²) in [6.45, 7) is 1.53. The SMILES string of the molecule is Cc1nc(Cl)nc(Sc2nccs2)c1[N+](=O)[O-]. The van der Waals surface area contributed by atoms with Crippen LogP contribution in [0, 0.1) is 17.0 Å². The molecule has 2 rings (SSSR count). The smallest absolute Gasteiger partial charge is 0.258 e. The molecule has 0 aliphatic rings. The Balaban J connectivity index is 2.47. The highest BCUT2D eigenvalue weighted by molar-refractivity contribution is 8.01. The van der Waals surface area contributed by atoms with Crippen molar-refractivity contribution in [2.45, 2.75) is 16.3 Å². The molecule has 0 atom stereocenters. The first-order chi connectivity index (χ1) is 8.08. The van der Waals surface area contributed by atoms with Gasteiger partial charge >= 0.3 is 5.69 Å². The zero-order valence-corrected chi connectivity index (χ0v) is 10.8. The molecule has 0 aliphatic heterocycles. The van der Waals surface area contributed by atoms with E-state index in [4.69, 9.17) is 11.6 Å². The van der Waals surface area contributed by atoms with Gasteiger partial charge in [0.05, 0.1) is 4.92 Å². The van der Waals surface area contributed by atoms with Crippen LogP contribution in [0.4, 0.5) is 5.69 Å². The van der Waals surface area contributed by atoms with Gasteiger partial charge in [-0.3, -0.25) is 10.1 Å². The molecular formula is C8H5ClN4O2S2. The van der Waals surface area contributed by atoms with Gasteiger partial charge in [0, 0.05) is 11.6 Å². The molecule has 0 unspecified atom stereocenters. The average Bonchev–Trinajstić information content (AvgIpc) is 2.68. The number of hydrogen-bond acceptors (Lipinski definition) is 7. The summed E-state index contributed by atoms with van der Waals surface area (Å²) in [5.74, 6) is 0. The van der Waals surface area contributed by atoms with Gasteiger partial charge in [-0.05, 0) is 30.3 Å². The summed E-state index contributed by atoms with van der Waals surface area (Å²) in [4.78, 5) is 22.1. The lowest BCUT2D eigenvalue weighted by Gasteiger charge is -2.02. The molecule has 0 amide bonds. The van der Waals surface area contributed by atoms with E-state index in [1.807, 2.05) is 0 Å². The Labute approximate surface area is 109 Å². The predicted molar refractivity (Wildman–Crippen MR) is 64.7 cm³/mol. The zero-order chi connectivity index (χ0) is 12.4. The van der Waals surface area contributed by atoms with E-state index in [9.17, 15) is 10.1 Å². The number of thiazole rings is 1. The highest BCUT2D eigenvalue weighted by atomic mass is 35.5. The lowest BCUT2D eigenvalue weighted by atomic mass is 10.4. The normalized spacial score (nSPS) is 10.5. The molecule has 0 bridgehead atoms. The number of nitro groups is 1. The molecule has 0 N–H and O–H groups in total. The number of aromatic nitrogens is 3. The third kappa shape index (κ3) is 2.71. The lowest BCUT2D eigenvalue weighted by molar-refractivity contribution is -0.389. The van der Waals surface area contributed by atoms with Crippen LogP contribution in [0.3, 0.4) is 0 Å². The van der Waals surface area contributed by atoms with Gasteiger partial charge in [0.1, 0.15) is 5.69 Å². The van der Waals surface area contributed by atoms with E-state index in [1.54, 1.807) is 11.6 Å². The van der Waals surface area contributed by atoms with Crippen LogP contribution in [0.1, 0.15) is 5.69 Å². The van der Waals surface area contributed by atoms with Crippen molar-refractivity contribution < 1.29 is 4.92 Å². The molecule has 88 valence electrons. The monoisotopic (exact) mass is 288 g/mol. The van der Waals surface area contributed by atoms with Gasteiger partial charge in [-0.25, -0.2) is 15.0 Å². The minimum Gasteiger partial charge on any atom is -0.258 e. The minimum absolute atomic E-state index is 0.00726. The Morgan fingerprint density at radius 3 is 2.88 bits per heavy atom. The highest BCUT2D eigenvalue weighted by Crippen LogP contribution is 2.35. The van der Waals surface area contributed by atoms with E-state index in [-0.39, 0.29) is 21.7 Å². The van der Waals surface area contributed by atoms with Crippen molar-refractivity contribution in [3.05, 3.63) is 32.7 Å². The molecular weight excluding hydrogens is 284 g/mol. The first-order valence-electron chi connectivity index (χ1n) is 4.34. The van der Waals surface area contributed by atoms with Crippen molar-refractivity contribution in [2.24, 2.45) is 0 Å². The Kier molecular flexibility index (Phi) is 3.55. The van der Waals surface area contributed by atoms with Gasteiger partial charge in [-0.1, -0.05) is 0 Å². The van der Waals surface area contributed by atoms with Gasteiger partial charge in [-0.2, -0.15) is 0 Å². The van der Waals surface area contributed by atoms with E-state index in [2.05, 4.69) is 15.0 Å². The van der Waals surface area contributed by atoms with Gasteiger partial charge < -0.3 is 0 Å². The van der Waals surface area contributed by atoms with E-state index in [1.165, 1.54) is 18.3 Å². The van der Waals surface area contributed by atoms with Crippen molar-refractivity contribution in [3.8, 4) is 0 Å². The third-order valence-electron chi connectivity index (χ3n) is 1.78. The van der Waals surface area contributed by atoms with Crippen LogP contribution in [-0.4, -0.2) is 19.9 Å². The Morgan fingerprint density at radius 2 is 2.29 bits per heavy atom. The standard InChI is InChI=1S/C8H5ClN4O2S2/c1-4-5(13(14)15)6(12-7(9)11-4)17-8-10-2-3-16-8/h2-3H,1H3. The molecule has 2 aromatic heterocycles. The van der Waals surface area contributed by atoms with E-state index in [0.717, 1.165) is 11.8 Å². The van der Waals surface area contributed by atoms with E-state index < -0.39 is 4.92 Å². The summed E-state index contributed by atoms with van der Waals surface area (Å²) in [5, 5.41) is 12.9. The summed E-state index contributed by atoms with van der Waals surface area (Å²) in [6, 6.07) is 0. The largest absolute Gasteiger partial charge is 0.322 e. The van der Waals surface area contributed by atoms with Gasteiger partial charge in [-0.15, -0.1) is 11.3 Å². The molecule has 0 aliphatic carbocycles. The van der Waals surface area contributed by atoms with Crippen molar-refractivity contribution in [3.63, 3.8) is 0 Å². The molecule has 2 aromatic rings.